The number of carbonyl (C=O) groups excluding carboxylic acids is 1. The lowest BCUT2D eigenvalue weighted by molar-refractivity contribution is 0.262. The normalized spacial score (nSPS) is 15.1. The van der Waals surface area contributed by atoms with Crippen molar-refractivity contribution in [2.45, 2.75) is 26.7 Å². The number of nitrogens with zero attached hydrogens (tertiary/aromatic N) is 2. The van der Waals surface area contributed by atoms with E-state index in [1.54, 1.807) is 0 Å². The minimum Gasteiger partial charge on any atom is -0.369 e. The third kappa shape index (κ3) is 4.80. The van der Waals surface area contributed by atoms with E-state index in [0.717, 1.165) is 48.7 Å². The average Bonchev–Trinajstić information content (AvgIpc) is 2.64. The van der Waals surface area contributed by atoms with Gasteiger partial charge in [-0.15, -0.1) is 0 Å². The van der Waals surface area contributed by atoms with E-state index in [1.165, 1.54) is 5.69 Å². The molecule has 3 rings (SSSR count). The van der Waals surface area contributed by atoms with Gasteiger partial charge in [-0.05, 0) is 55.3 Å². The van der Waals surface area contributed by atoms with Crippen molar-refractivity contribution >= 4 is 23.1 Å². The molecule has 2 amide bonds. The molecule has 0 spiro atoms. The Morgan fingerprint density at radius 1 is 0.963 bits per heavy atom. The van der Waals surface area contributed by atoms with Crippen LogP contribution in [0.15, 0.2) is 42.5 Å². The molecular weight excluding hydrogens is 336 g/mol. The van der Waals surface area contributed by atoms with Crippen molar-refractivity contribution in [2.24, 2.45) is 0 Å². The molecule has 0 unspecified atom stereocenters. The molecule has 1 saturated heterocycles. The fraction of sp³-hybridized carbons (Fsp3) is 0.409. The Balaban J connectivity index is 1.63. The van der Waals surface area contributed by atoms with Gasteiger partial charge in [0.25, 0.3) is 0 Å². The first-order valence-corrected chi connectivity index (χ1v) is 9.65. The molecule has 1 heterocycles. The van der Waals surface area contributed by atoms with Crippen LogP contribution in [0.3, 0.4) is 0 Å². The number of rotatable bonds is 4. The fourth-order valence-corrected chi connectivity index (χ4v) is 3.44. The van der Waals surface area contributed by atoms with Crippen LogP contribution in [0.5, 0.6) is 0 Å². The highest BCUT2D eigenvalue weighted by Crippen LogP contribution is 2.27. The molecule has 27 heavy (non-hydrogen) atoms. The van der Waals surface area contributed by atoms with E-state index in [-0.39, 0.29) is 6.03 Å². The summed E-state index contributed by atoms with van der Waals surface area (Å²) in [5.74, 6) is 0.350. The van der Waals surface area contributed by atoms with E-state index in [1.807, 2.05) is 31.2 Å². The molecule has 0 bridgehead atoms. The van der Waals surface area contributed by atoms with Gasteiger partial charge in [-0.3, -0.25) is 0 Å². The van der Waals surface area contributed by atoms with Crippen LogP contribution < -0.4 is 15.5 Å². The van der Waals surface area contributed by atoms with Gasteiger partial charge < -0.3 is 20.4 Å². The van der Waals surface area contributed by atoms with Crippen molar-refractivity contribution < 1.29 is 4.79 Å². The highest BCUT2D eigenvalue weighted by Gasteiger charge is 2.15. The third-order valence-corrected chi connectivity index (χ3v) is 5.16. The van der Waals surface area contributed by atoms with Gasteiger partial charge in [-0.2, -0.15) is 0 Å². The lowest BCUT2D eigenvalue weighted by Crippen LogP contribution is -2.44. The largest absolute Gasteiger partial charge is 0.369 e. The number of likely N-dealkylation sites (N-methyl/N-ethyl adjacent to an activating group) is 1. The molecule has 5 heteroatoms. The van der Waals surface area contributed by atoms with Crippen LogP contribution in [0, 0.1) is 6.92 Å². The van der Waals surface area contributed by atoms with Crippen LogP contribution in [0.25, 0.3) is 0 Å². The van der Waals surface area contributed by atoms with Crippen molar-refractivity contribution in [2.75, 3.05) is 48.8 Å². The molecule has 2 aromatic rings. The maximum atomic E-state index is 12.5. The Labute approximate surface area is 162 Å². The number of urea groups is 1. The minimum absolute atomic E-state index is 0.210. The zero-order valence-corrected chi connectivity index (χ0v) is 16.7. The van der Waals surface area contributed by atoms with Gasteiger partial charge in [-0.25, -0.2) is 4.79 Å². The lowest BCUT2D eigenvalue weighted by atomic mass is 9.98. The summed E-state index contributed by atoms with van der Waals surface area (Å²) in [5, 5.41) is 5.97. The van der Waals surface area contributed by atoms with Gasteiger partial charge in [0.2, 0.25) is 0 Å². The predicted octanol–water partition coefficient (Wildman–Crippen LogP) is 4.51. The second-order valence-electron chi connectivity index (χ2n) is 7.61. The van der Waals surface area contributed by atoms with Crippen molar-refractivity contribution in [3.05, 3.63) is 53.6 Å². The first-order chi connectivity index (χ1) is 12.9. The van der Waals surface area contributed by atoms with Crippen molar-refractivity contribution in [3.63, 3.8) is 0 Å². The van der Waals surface area contributed by atoms with Gasteiger partial charge >= 0.3 is 6.03 Å². The standard InChI is InChI=1S/C22H30N4O/c1-16(2)20-7-5-6-17(3)21(20)24-22(27)23-18-8-10-19(11-9-18)26-14-12-25(4)13-15-26/h5-11,16H,12-15H2,1-4H3,(H2,23,24,27). The first kappa shape index (κ1) is 19.2. The molecule has 1 aliphatic heterocycles. The zero-order valence-electron chi connectivity index (χ0n) is 16.7. The molecule has 0 saturated carbocycles. The van der Waals surface area contributed by atoms with Gasteiger partial charge in [0, 0.05) is 43.2 Å². The molecule has 1 fully saturated rings. The molecule has 0 aliphatic carbocycles. The van der Waals surface area contributed by atoms with Crippen molar-refractivity contribution in [3.8, 4) is 0 Å². The SMILES string of the molecule is Cc1cccc(C(C)C)c1NC(=O)Nc1ccc(N2CCN(C)CC2)cc1. The Hall–Kier alpha value is -2.53. The summed E-state index contributed by atoms with van der Waals surface area (Å²) in [5.41, 5.74) is 5.12. The molecule has 1 aliphatic rings. The number of benzene rings is 2. The summed E-state index contributed by atoms with van der Waals surface area (Å²) in [6.45, 7) is 10.5. The van der Waals surface area contributed by atoms with Crippen LogP contribution in [0.2, 0.25) is 0 Å². The lowest BCUT2D eigenvalue weighted by Gasteiger charge is -2.34. The molecule has 5 nitrogen and oxygen atoms in total. The van der Waals surface area contributed by atoms with E-state index in [4.69, 9.17) is 0 Å². The summed E-state index contributed by atoms with van der Waals surface area (Å²) < 4.78 is 0. The Kier molecular flexibility index (Phi) is 6.01. The topological polar surface area (TPSA) is 47.6 Å². The van der Waals surface area contributed by atoms with Gasteiger partial charge in [0.05, 0.1) is 0 Å². The quantitative estimate of drug-likeness (QED) is 0.837. The van der Waals surface area contributed by atoms with Crippen LogP contribution in [-0.2, 0) is 0 Å². The molecule has 144 valence electrons. The van der Waals surface area contributed by atoms with Crippen LogP contribution in [0.1, 0.15) is 30.9 Å². The van der Waals surface area contributed by atoms with E-state index in [9.17, 15) is 4.79 Å². The smallest absolute Gasteiger partial charge is 0.323 e. The predicted molar refractivity (Wildman–Crippen MR) is 114 cm³/mol. The van der Waals surface area contributed by atoms with E-state index in [2.05, 4.69) is 59.5 Å². The molecule has 2 N–H and O–H groups in total. The fourth-order valence-electron chi connectivity index (χ4n) is 3.44. The van der Waals surface area contributed by atoms with Crippen molar-refractivity contribution in [1.29, 1.82) is 0 Å². The highest BCUT2D eigenvalue weighted by molar-refractivity contribution is 6.00. The van der Waals surface area contributed by atoms with Gasteiger partial charge in [0.15, 0.2) is 0 Å². The zero-order chi connectivity index (χ0) is 19.4. The van der Waals surface area contributed by atoms with Gasteiger partial charge in [-0.1, -0.05) is 32.0 Å². The third-order valence-electron chi connectivity index (χ3n) is 5.16. The average molecular weight is 367 g/mol. The van der Waals surface area contributed by atoms with E-state index >= 15 is 0 Å². The Bertz CT molecular complexity index is 777. The second-order valence-corrected chi connectivity index (χ2v) is 7.61. The van der Waals surface area contributed by atoms with Crippen LogP contribution >= 0.6 is 0 Å². The number of piperazine rings is 1. The highest BCUT2D eigenvalue weighted by atomic mass is 16.2. The molecule has 0 atom stereocenters. The molecular formula is C22H30N4O. The second kappa shape index (κ2) is 8.44. The maximum Gasteiger partial charge on any atom is 0.323 e. The van der Waals surface area contributed by atoms with E-state index < -0.39 is 0 Å². The summed E-state index contributed by atoms with van der Waals surface area (Å²) in [7, 11) is 2.15. The summed E-state index contributed by atoms with van der Waals surface area (Å²) in [4.78, 5) is 17.2. The van der Waals surface area contributed by atoms with E-state index in [0.29, 0.717) is 5.92 Å². The Morgan fingerprint density at radius 3 is 2.26 bits per heavy atom. The molecule has 0 radical (unpaired) electrons. The molecule has 2 aromatic carbocycles. The first-order valence-electron chi connectivity index (χ1n) is 9.65. The summed E-state index contributed by atoms with van der Waals surface area (Å²) in [6.07, 6.45) is 0. The molecule has 0 aromatic heterocycles. The van der Waals surface area contributed by atoms with Crippen LogP contribution in [-0.4, -0.2) is 44.2 Å². The van der Waals surface area contributed by atoms with Gasteiger partial charge in [0.1, 0.15) is 0 Å². The number of hydrogen-bond donors (Lipinski definition) is 2. The Morgan fingerprint density at radius 2 is 1.63 bits per heavy atom. The number of anilines is 3. The number of hydrogen-bond acceptors (Lipinski definition) is 3. The number of nitrogens with one attached hydrogen (secondary N) is 2. The van der Waals surface area contributed by atoms with Crippen LogP contribution in [0.4, 0.5) is 21.9 Å². The minimum atomic E-state index is -0.210. The number of amides is 2. The monoisotopic (exact) mass is 366 g/mol. The number of carbonyl (C=O) groups is 1. The maximum absolute atomic E-state index is 12.5. The van der Waals surface area contributed by atoms with Crippen molar-refractivity contribution in [1.82, 2.24) is 4.90 Å². The summed E-state index contributed by atoms with van der Waals surface area (Å²) in [6, 6.07) is 14.0. The number of aryl methyl sites for hydroxylation is 1. The summed E-state index contributed by atoms with van der Waals surface area (Å²) >= 11 is 0. The number of para-hydroxylation sites is 1.